The van der Waals surface area contributed by atoms with Crippen molar-refractivity contribution in [1.82, 2.24) is 0 Å². The molecule has 0 aliphatic rings. The Morgan fingerprint density at radius 3 is 2.24 bits per heavy atom. The predicted molar refractivity (Wildman–Crippen MR) is 74.4 cm³/mol. The van der Waals surface area contributed by atoms with E-state index in [-0.39, 0.29) is 0 Å². The van der Waals surface area contributed by atoms with Crippen molar-refractivity contribution in [2.45, 2.75) is 53.1 Å². The maximum atomic E-state index is 5.58. The molecule has 0 bridgehead atoms. The third-order valence-corrected chi connectivity index (χ3v) is 2.84. The van der Waals surface area contributed by atoms with E-state index in [9.17, 15) is 0 Å². The molecule has 0 radical (unpaired) electrons. The lowest BCUT2D eigenvalue weighted by Gasteiger charge is -2.09. The lowest BCUT2D eigenvalue weighted by atomic mass is 10.0. The van der Waals surface area contributed by atoms with Gasteiger partial charge in [-0.3, -0.25) is 0 Å². The van der Waals surface area contributed by atoms with E-state index in [4.69, 9.17) is 4.74 Å². The molecule has 0 amide bonds. The summed E-state index contributed by atoms with van der Waals surface area (Å²) >= 11 is 0. The molecule has 0 spiro atoms. The molecule has 96 valence electrons. The quantitative estimate of drug-likeness (QED) is 0.685. The fourth-order valence-corrected chi connectivity index (χ4v) is 1.81. The third-order valence-electron chi connectivity index (χ3n) is 2.84. The monoisotopic (exact) mass is 234 g/mol. The van der Waals surface area contributed by atoms with E-state index in [1.165, 1.54) is 24.0 Å². The molecule has 0 saturated carbocycles. The van der Waals surface area contributed by atoms with Crippen molar-refractivity contribution < 1.29 is 4.74 Å². The van der Waals surface area contributed by atoms with Gasteiger partial charge in [-0.2, -0.15) is 0 Å². The summed E-state index contributed by atoms with van der Waals surface area (Å²) in [5, 5.41) is 0. The van der Waals surface area contributed by atoms with Crippen molar-refractivity contribution in [3.8, 4) is 0 Å². The number of benzene rings is 1. The average Bonchev–Trinajstić information content (AvgIpc) is 2.26. The van der Waals surface area contributed by atoms with Gasteiger partial charge in [0.25, 0.3) is 0 Å². The van der Waals surface area contributed by atoms with E-state index in [2.05, 4.69) is 52.0 Å². The molecule has 0 aliphatic carbocycles. The van der Waals surface area contributed by atoms with Crippen LogP contribution in [0.15, 0.2) is 24.3 Å². The predicted octanol–water partition coefficient (Wildman–Crippen LogP) is 4.24. The minimum atomic E-state index is 0.333. The fraction of sp³-hybridized carbons (Fsp3) is 0.625. The van der Waals surface area contributed by atoms with Crippen LogP contribution in [0.1, 0.15) is 45.2 Å². The summed E-state index contributed by atoms with van der Waals surface area (Å²) in [5.74, 6) is 0.780. The zero-order valence-electron chi connectivity index (χ0n) is 11.7. The minimum Gasteiger partial charge on any atom is -0.378 e. The second-order valence-corrected chi connectivity index (χ2v) is 5.42. The average molecular weight is 234 g/mol. The smallest absolute Gasteiger partial charge is 0.0519 e. The zero-order valence-corrected chi connectivity index (χ0v) is 11.7. The van der Waals surface area contributed by atoms with Crippen LogP contribution in [-0.2, 0) is 17.6 Å². The van der Waals surface area contributed by atoms with Gasteiger partial charge in [-0.05, 0) is 50.2 Å². The van der Waals surface area contributed by atoms with Gasteiger partial charge in [0.1, 0.15) is 0 Å². The Labute approximate surface area is 106 Å². The van der Waals surface area contributed by atoms with Gasteiger partial charge in [-0.1, -0.05) is 38.1 Å². The molecule has 1 aromatic carbocycles. The highest BCUT2D eigenvalue weighted by molar-refractivity contribution is 5.23. The molecule has 0 saturated heterocycles. The van der Waals surface area contributed by atoms with Gasteiger partial charge in [-0.15, -0.1) is 0 Å². The Hall–Kier alpha value is -0.820. The normalized spacial score (nSPS) is 11.4. The first-order valence-electron chi connectivity index (χ1n) is 6.77. The summed E-state index contributed by atoms with van der Waals surface area (Å²) in [5.41, 5.74) is 2.85. The van der Waals surface area contributed by atoms with Crippen LogP contribution in [0, 0.1) is 5.92 Å². The Bertz CT molecular complexity index is 315. The lowest BCUT2D eigenvalue weighted by Crippen LogP contribution is -2.06. The molecule has 0 aliphatic heterocycles. The summed E-state index contributed by atoms with van der Waals surface area (Å²) in [6.45, 7) is 9.55. The standard InChI is InChI=1S/C16H26O/c1-13(2)8-9-15-6-5-7-16(12-15)10-11-17-14(3)4/h5-7,12-14H,8-11H2,1-4H3. The Kier molecular flexibility index (Phi) is 6.28. The molecular weight excluding hydrogens is 208 g/mol. The van der Waals surface area contributed by atoms with Gasteiger partial charge in [0, 0.05) is 0 Å². The molecule has 1 rings (SSSR count). The van der Waals surface area contributed by atoms with Gasteiger partial charge in [0.2, 0.25) is 0 Å². The summed E-state index contributed by atoms with van der Waals surface area (Å²) in [6, 6.07) is 8.92. The molecule has 0 fully saturated rings. The van der Waals surface area contributed by atoms with Crippen molar-refractivity contribution in [1.29, 1.82) is 0 Å². The summed E-state index contributed by atoms with van der Waals surface area (Å²) in [7, 11) is 0. The number of hydrogen-bond acceptors (Lipinski definition) is 1. The van der Waals surface area contributed by atoms with Crippen LogP contribution in [0.4, 0.5) is 0 Å². The van der Waals surface area contributed by atoms with Crippen LogP contribution in [0.3, 0.4) is 0 Å². The van der Waals surface area contributed by atoms with Gasteiger partial charge in [0.15, 0.2) is 0 Å². The van der Waals surface area contributed by atoms with Crippen molar-refractivity contribution in [2.75, 3.05) is 6.61 Å². The van der Waals surface area contributed by atoms with Crippen LogP contribution in [0.5, 0.6) is 0 Å². The topological polar surface area (TPSA) is 9.23 Å². The van der Waals surface area contributed by atoms with Crippen LogP contribution >= 0.6 is 0 Å². The summed E-state index contributed by atoms with van der Waals surface area (Å²) < 4.78 is 5.58. The molecule has 0 atom stereocenters. The maximum Gasteiger partial charge on any atom is 0.0519 e. The highest BCUT2D eigenvalue weighted by atomic mass is 16.5. The second kappa shape index (κ2) is 7.50. The molecule has 1 nitrogen and oxygen atoms in total. The fourth-order valence-electron chi connectivity index (χ4n) is 1.81. The molecule has 1 aromatic rings. The van der Waals surface area contributed by atoms with Gasteiger partial charge >= 0.3 is 0 Å². The van der Waals surface area contributed by atoms with Crippen molar-refractivity contribution >= 4 is 0 Å². The number of hydrogen-bond donors (Lipinski definition) is 0. The lowest BCUT2D eigenvalue weighted by molar-refractivity contribution is 0.0813. The summed E-state index contributed by atoms with van der Waals surface area (Å²) in [4.78, 5) is 0. The van der Waals surface area contributed by atoms with Gasteiger partial charge in [-0.25, -0.2) is 0 Å². The van der Waals surface area contributed by atoms with Crippen LogP contribution in [0.2, 0.25) is 0 Å². The van der Waals surface area contributed by atoms with Crippen LogP contribution in [0.25, 0.3) is 0 Å². The Balaban J connectivity index is 2.42. The van der Waals surface area contributed by atoms with E-state index in [0.29, 0.717) is 6.10 Å². The van der Waals surface area contributed by atoms with Crippen molar-refractivity contribution in [2.24, 2.45) is 5.92 Å². The molecule has 0 unspecified atom stereocenters. The highest BCUT2D eigenvalue weighted by Crippen LogP contribution is 2.12. The molecule has 1 heteroatoms. The first-order chi connectivity index (χ1) is 8.08. The number of rotatable bonds is 7. The van der Waals surface area contributed by atoms with Crippen molar-refractivity contribution in [3.63, 3.8) is 0 Å². The first kappa shape index (κ1) is 14.2. The van der Waals surface area contributed by atoms with Crippen molar-refractivity contribution in [3.05, 3.63) is 35.4 Å². The molecular formula is C16H26O. The maximum absolute atomic E-state index is 5.58. The van der Waals surface area contributed by atoms with Crippen LogP contribution < -0.4 is 0 Å². The van der Waals surface area contributed by atoms with Crippen LogP contribution in [-0.4, -0.2) is 12.7 Å². The number of aryl methyl sites for hydroxylation is 1. The molecule has 0 aromatic heterocycles. The SMILES string of the molecule is CC(C)CCc1cccc(CCOC(C)C)c1. The van der Waals surface area contributed by atoms with E-state index in [1.54, 1.807) is 0 Å². The zero-order chi connectivity index (χ0) is 12.7. The van der Waals surface area contributed by atoms with Gasteiger partial charge in [0.05, 0.1) is 12.7 Å². The summed E-state index contributed by atoms with van der Waals surface area (Å²) in [6.07, 6.45) is 3.81. The van der Waals surface area contributed by atoms with E-state index in [1.807, 2.05) is 0 Å². The minimum absolute atomic E-state index is 0.333. The molecule has 0 heterocycles. The van der Waals surface area contributed by atoms with Gasteiger partial charge < -0.3 is 4.74 Å². The number of ether oxygens (including phenoxy) is 1. The third kappa shape index (κ3) is 6.48. The second-order valence-electron chi connectivity index (χ2n) is 5.42. The molecule has 0 N–H and O–H groups in total. The Morgan fingerprint density at radius 1 is 1.00 bits per heavy atom. The van der Waals surface area contributed by atoms with E-state index < -0.39 is 0 Å². The largest absolute Gasteiger partial charge is 0.378 e. The van der Waals surface area contributed by atoms with E-state index in [0.717, 1.165) is 18.9 Å². The Morgan fingerprint density at radius 2 is 1.65 bits per heavy atom. The highest BCUT2D eigenvalue weighted by Gasteiger charge is 2.00. The van der Waals surface area contributed by atoms with E-state index >= 15 is 0 Å². The molecule has 17 heavy (non-hydrogen) atoms. The first-order valence-corrected chi connectivity index (χ1v) is 6.77.